The molecule has 3 atom stereocenters. The molecule has 3 unspecified atom stereocenters. The summed E-state index contributed by atoms with van der Waals surface area (Å²) in [5.74, 6) is 0. The highest BCUT2D eigenvalue weighted by molar-refractivity contribution is 7.69. The Morgan fingerprint density at radius 2 is 1.44 bits per heavy atom. The summed E-state index contributed by atoms with van der Waals surface area (Å²) in [4.78, 5) is 8.88. The molecule has 0 aliphatic rings. The Hall–Kier alpha value is 0.720. The maximum Gasteiger partial charge on any atom is 0.494 e. The molecule has 0 aromatic carbocycles. The predicted octanol–water partition coefficient (Wildman–Crippen LogP) is 2.10. The van der Waals surface area contributed by atoms with Crippen molar-refractivity contribution >= 4 is 31.7 Å². The molecule has 13 heteroatoms. The first-order valence-corrected chi connectivity index (χ1v) is 10.3. The summed E-state index contributed by atoms with van der Waals surface area (Å²) in [7, 11) is -14.1. The predicted molar refractivity (Wildman–Crippen MR) is 57.5 cm³/mol. The van der Waals surface area contributed by atoms with Gasteiger partial charge in [-0.1, -0.05) is 0 Å². The first-order valence-electron chi connectivity index (χ1n) is 3.70. The topological polar surface area (TPSA) is 125 Å². The summed E-state index contributed by atoms with van der Waals surface area (Å²) >= 11 is 0. The second-order valence-electron chi connectivity index (χ2n) is 2.35. The lowest BCUT2D eigenvalue weighted by Gasteiger charge is -2.17. The maximum atomic E-state index is 11.6. The molecular weight excluding hydrogens is 304 g/mol. The lowest BCUT2D eigenvalue weighted by atomic mass is 11.8. The summed E-state index contributed by atoms with van der Waals surface area (Å²) in [5, 5.41) is 0. The van der Waals surface area contributed by atoms with Crippen LogP contribution in [0.1, 0.15) is 0 Å². The van der Waals surface area contributed by atoms with Gasteiger partial charge in [0.25, 0.3) is 0 Å². The summed E-state index contributed by atoms with van der Waals surface area (Å²) < 4.78 is 60.6. The molecule has 0 saturated carbocycles. The van der Waals surface area contributed by atoms with Crippen LogP contribution in [0.5, 0.6) is 0 Å². The van der Waals surface area contributed by atoms with Gasteiger partial charge in [0.15, 0.2) is 16.1 Å². The van der Waals surface area contributed by atoms with E-state index >= 15 is 0 Å². The van der Waals surface area contributed by atoms with Gasteiger partial charge in [-0.25, -0.2) is 17.8 Å². The van der Waals surface area contributed by atoms with Crippen molar-refractivity contribution in [2.45, 2.75) is 0 Å². The van der Waals surface area contributed by atoms with Crippen LogP contribution in [0.25, 0.3) is 0 Å². The Morgan fingerprint density at radius 3 is 1.69 bits per heavy atom. The van der Waals surface area contributed by atoms with E-state index in [0.717, 1.165) is 20.4 Å². The molecular formula is C3H12O9P4. The van der Waals surface area contributed by atoms with Crippen LogP contribution in [0.3, 0.4) is 0 Å². The van der Waals surface area contributed by atoms with Crippen molar-refractivity contribution in [2.24, 2.45) is 0 Å². The minimum absolute atomic E-state index is 0.815. The molecule has 0 aromatic rings. The molecule has 0 radical (unpaired) electrons. The highest BCUT2D eigenvalue weighted by atomic mass is 31.3. The molecule has 0 aliphatic carbocycles. The van der Waals surface area contributed by atoms with Crippen molar-refractivity contribution in [3.8, 4) is 0 Å². The van der Waals surface area contributed by atoms with Crippen LogP contribution in [-0.4, -0.2) is 25.3 Å². The fourth-order valence-electron chi connectivity index (χ4n) is 0.527. The first-order chi connectivity index (χ1) is 7.10. The summed E-state index contributed by atoms with van der Waals surface area (Å²) in [6.45, 7) is 2.10. The van der Waals surface area contributed by atoms with Crippen LogP contribution in [0.15, 0.2) is 0 Å². The summed E-state index contributed by atoms with van der Waals surface area (Å²) in [6.07, 6.45) is 0. The maximum absolute atomic E-state index is 11.6. The normalized spacial score (nSPS) is 23.0. The Kier molecular flexibility index (Phi) is 6.90. The molecule has 0 bridgehead atoms. The zero-order valence-electron chi connectivity index (χ0n) is 8.61. The van der Waals surface area contributed by atoms with Gasteiger partial charge < -0.3 is 4.89 Å². The number of phosphoric acid groups is 2. The van der Waals surface area contributed by atoms with Gasteiger partial charge >= 0.3 is 15.6 Å². The molecule has 0 rings (SSSR count). The molecule has 9 nitrogen and oxygen atoms in total. The molecule has 0 aromatic heterocycles. The average Bonchev–Trinajstić information content (AvgIpc) is 1.98. The monoisotopic (exact) mass is 316 g/mol. The minimum atomic E-state index is -4.67. The van der Waals surface area contributed by atoms with E-state index in [9.17, 15) is 18.3 Å². The summed E-state index contributed by atoms with van der Waals surface area (Å²) in [6, 6.07) is 0. The Labute approximate surface area is 93.4 Å². The highest BCUT2D eigenvalue weighted by Crippen LogP contribution is 2.68. The third-order valence-electron chi connectivity index (χ3n) is 0.915. The van der Waals surface area contributed by atoms with Crippen molar-refractivity contribution in [2.75, 3.05) is 20.4 Å². The summed E-state index contributed by atoms with van der Waals surface area (Å²) in [5.41, 5.74) is 0. The van der Waals surface area contributed by atoms with Crippen LogP contribution in [0.2, 0.25) is 0 Å². The lowest BCUT2D eigenvalue weighted by molar-refractivity contribution is 0.214. The van der Waals surface area contributed by atoms with Crippen LogP contribution < -0.4 is 0 Å². The second-order valence-corrected chi connectivity index (χ2v) is 8.62. The quantitative estimate of drug-likeness (QED) is 0.702. The van der Waals surface area contributed by atoms with E-state index in [-0.39, 0.29) is 0 Å². The number of hydrogen-bond donors (Lipinski definition) is 1. The van der Waals surface area contributed by atoms with Crippen molar-refractivity contribution in [3.05, 3.63) is 0 Å². The van der Waals surface area contributed by atoms with E-state index in [2.05, 4.69) is 17.5 Å². The average molecular weight is 316 g/mol. The van der Waals surface area contributed by atoms with Crippen molar-refractivity contribution in [3.63, 3.8) is 0 Å². The van der Waals surface area contributed by atoms with E-state index in [1.807, 2.05) is 0 Å². The number of rotatable bonds is 7. The van der Waals surface area contributed by atoms with Gasteiger partial charge in [-0.2, -0.15) is 4.31 Å². The third-order valence-corrected chi connectivity index (χ3v) is 6.85. The second kappa shape index (κ2) is 6.60. The Balaban J connectivity index is 4.94. The minimum Gasteiger partial charge on any atom is -0.302 e. The van der Waals surface area contributed by atoms with Crippen LogP contribution in [-0.2, 0) is 35.7 Å². The van der Waals surface area contributed by atoms with E-state index in [1.54, 1.807) is 0 Å². The van der Waals surface area contributed by atoms with Crippen molar-refractivity contribution in [1.82, 2.24) is 0 Å². The fraction of sp³-hybridized carbons (Fsp3) is 1.00. The highest BCUT2D eigenvalue weighted by Gasteiger charge is 2.39. The SMILES string of the molecule is COP(=O)(O)OP(=O)(O[PH](C)=O)O[PH](C)=O. The molecule has 98 valence electrons. The van der Waals surface area contributed by atoms with E-state index in [0.29, 0.717) is 0 Å². The van der Waals surface area contributed by atoms with Gasteiger partial charge in [0, 0.05) is 20.4 Å². The zero-order chi connectivity index (χ0) is 13.0. The van der Waals surface area contributed by atoms with Gasteiger partial charge in [0.2, 0.25) is 0 Å². The van der Waals surface area contributed by atoms with Gasteiger partial charge in [-0.3, -0.25) is 13.7 Å². The van der Waals surface area contributed by atoms with E-state index in [4.69, 9.17) is 4.89 Å². The molecule has 16 heavy (non-hydrogen) atoms. The molecule has 0 aliphatic heterocycles. The molecule has 0 heterocycles. The molecule has 0 amide bonds. The van der Waals surface area contributed by atoms with Gasteiger partial charge in [-0.15, -0.1) is 0 Å². The number of hydrogen-bond acceptors (Lipinski definition) is 8. The van der Waals surface area contributed by atoms with Crippen LogP contribution in [0.4, 0.5) is 0 Å². The van der Waals surface area contributed by atoms with E-state index < -0.39 is 31.7 Å². The largest absolute Gasteiger partial charge is 0.494 e. The Bertz CT molecular complexity index is 355. The lowest BCUT2D eigenvalue weighted by Crippen LogP contribution is -1.93. The van der Waals surface area contributed by atoms with Gasteiger partial charge in [-0.05, 0) is 0 Å². The van der Waals surface area contributed by atoms with Crippen molar-refractivity contribution in [1.29, 1.82) is 0 Å². The first kappa shape index (κ1) is 16.7. The number of phosphoric ester groups is 1. The Morgan fingerprint density at radius 1 is 1.06 bits per heavy atom. The van der Waals surface area contributed by atoms with Crippen LogP contribution >= 0.6 is 31.7 Å². The molecule has 1 N–H and O–H groups in total. The standard InChI is InChI=1S/C3H12O9P4/c1-9-15(6,7)12-16(8,10-13(2)4)11-14(3)5/h13-14H,1-3H3,(H,6,7). The third kappa shape index (κ3) is 7.13. The fourth-order valence-corrected chi connectivity index (χ4v) is 5.67. The van der Waals surface area contributed by atoms with Gasteiger partial charge in [0.1, 0.15) is 0 Å². The van der Waals surface area contributed by atoms with Crippen molar-refractivity contribution < 1.29 is 40.6 Å². The molecule has 0 fully saturated rings. The van der Waals surface area contributed by atoms with Crippen LogP contribution in [0, 0.1) is 0 Å². The van der Waals surface area contributed by atoms with E-state index in [1.165, 1.54) is 0 Å². The molecule has 0 spiro atoms. The smallest absolute Gasteiger partial charge is 0.302 e. The zero-order valence-corrected chi connectivity index (χ0v) is 12.4. The van der Waals surface area contributed by atoms with Gasteiger partial charge in [0.05, 0.1) is 0 Å². The molecule has 0 saturated heterocycles.